The number of ether oxygens (including phenoxy) is 1. The number of nitro groups is 2. The maximum Gasteiger partial charge on any atom is 0.336 e. The minimum atomic E-state index is -0.728. The Morgan fingerprint density at radius 3 is 2.15 bits per heavy atom. The molecule has 0 spiro atoms. The average Bonchev–Trinajstić information content (AvgIpc) is 2.84. The van der Waals surface area contributed by atoms with Crippen LogP contribution >= 0.6 is 0 Å². The number of carbonyl (C=O) groups excluding carboxylic acids is 2. The van der Waals surface area contributed by atoms with E-state index < -0.39 is 21.7 Å². The number of nitro benzene ring substituents is 2. The van der Waals surface area contributed by atoms with Crippen LogP contribution in [0.4, 0.5) is 11.4 Å². The number of hydrazone groups is 1. The minimum absolute atomic E-state index is 0.0516. The van der Waals surface area contributed by atoms with Crippen LogP contribution in [0.25, 0.3) is 6.08 Å². The lowest BCUT2D eigenvalue weighted by Gasteiger charge is -2.02. The summed E-state index contributed by atoms with van der Waals surface area (Å²) in [5.41, 5.74) is 2.90. The molecule has 1 N–H and O–H groups in total. The fraction of sp³-hybridized carbons (Fsp3) is 0. The van der Waals surface area contributed by atoms with Crippen molar-refractivity contribution < 1.29 is 24.2 Å². The van der Waals surface area contributed by atoms with E-state index in [1.807, 2.05) is 0 Å². The highest BCUT2D eigenvalue weighted by atomic mass is 16.6. The van der Waals surface area contributed by atoms with E-state index in [0.717, 1.165) is 0 Å². The molecule has 0 aromatic heterocycles. The molecule has 0 heterocycles. The Hall–Kier alpha value is -5.19. The molecule has 0 radical (unpaired) electrons. The number of nitrogens with one attached hydrogen (secondary N) is 1. The van der Waals surface area contributed by atoms with Crippen molar-refractivity contribution in [3.8, 4) is 5.75 Å². The van der Waals surface area contributed by atoms with Crippen LogP contribution in [-0.2, 0) is 4.79 Å². The van der Waals surface area contributed by atoms with Crippen molar-refractivity contribution >= 4 is 35.5 Å². The number of non-ortho nitro benzene ring substituents is 1. The maximum absolute atomic E-state index is 12.1. The van der Waals surface area contributed by atoms with Gasteiger partial charge in [0.1, 0.15) is 11.3 Å². The minimum Gasteiger partial charge on any atom is -0.423 e. The fourth-order valence-electron chi connectivity index (χ4n) is 2.69. The molecule has 3 rings (SSSR count). The Bertz CT molecular complexity index is 1280. The van der Waals surface area contributed by atoms with Gasteiger partial charge in [0, 0.05) is 24.3 Å². The molecule has 3 aromatic carbocycles. The van der Waals surface area contributed by atoms with Gasteiger partial charge in [0.15, 0.2) is 0 Å². The van der Waals surface area contributed by atoms with Crippen molar-refractivity contribution in [3.05, 3.63) is 116 Å². The number of esters is 1. The van der Waals surface area contributed by atoms with Crippen molar-refractivity contribution in [1.29, 1.82) is 0 Å². The molecule has 0 aliphatic heterocycles. The third-order valence-corrected chi connectivity index (χ3v) is 4.34. The zero-order chi connectivity index (χ0) is 24.5. The summed E-state index contributed by atoms with van der Waals surface area (Å²) >= 11 is 0. The van der Waals surface area contributed by atoms with Crippen molar-refractivity contribution in [3.63, 3.8) is 0 Å². The Morgan fingerprint density at radius 1 is 0.853 bits per heavy atom. The Balaban J connectivity index is 1.54. The van der Waals surface area contributed by atoms with Gasteiger partial charge < -0.3 is 4.74 Å². The van der Waals surface area contributed by atoms with E-state index in [4.69, 9.17) is 4.74 Å². The lowest BCUT2D eigenvalue weighted by Crippen LogP contribution is -2.18. The molecular weight excluding hydrogens is 444 g/mol. The van der Waals surface area contributed by atoms with E-state index in [2.05, 4.69) is 10.5 Å². The molecule has 0 atom stereocenters. The van der Waals surface area contributed by atoms with Gasteiger partial charge >= 0.3 is 5.97 Å². The van der Waals surface area contributed by atoms with Crippen molar-refractivity contribution in [2.75, 3.05) is 0 Å². The number of nitrogens with zero attached hydrogens (tertiary/aromatic N) is 3. The number of para-hydroxylation sites is 1. The standard InChI is InChI=1S/C23H16N4O7/c28-22(14-9-16-5-10-18(11-6-16)26(30)31)34-19-12-7-17(8-13-19)15-24-25-23(29)20-3-1-2-4-21(20)27(32)33/h1-15H,(H,25,29)/b14-9+,24-15+. The van der Waals surface area contributed by atoms with E-state index in [0.29, 0.717) is 11.1 Å². The second kappa shape index (κ2) is 10.9. The van der Waals surface area contributed by atoms with Crippen molar-refractivity contribution in [1.82, 2.24) is 5.43 Å². The predicted octanol–water partition coefficient (Wildman–Crippen LogP) is 3.89. The number of carbonyl (C=O) groups is 2. The molecule has 0 bridgehead atoms. The van der Waals surface area contributed by atoms with E-state index in [1.165, 1.54) is 79.0 Å². The fourth-order valence-corrected chi connectivity index (χ4v) is 2.69. The van der Waals surface area contributed by atoms with Crippen LogP contribution in [0.1, 0.15) is 21.5 Å². The van der Waals surface area contributed by atoms with E-state index in [1.54, 1.807) is 12.1 Å². The summed E-state index contributed by atoms with van der Waals surface area (Å²) in [4.78, 5) is 44.6. The molecule has 170 valence electrons. The molecule has 0 saturated heterocycles. The second-order valence-corrected chi connectivity index (χ2v) is 6.65. The van der Waals surface area contributed by atoms with Crippen LogP contribution in [0.3, 0.4) is 0 Å². The predicted molar refractivity (Wildman–Crippen MR) is 122 cm³/mol. The number of hydrogen-bond donors (Lipinski definition) is 1. The van der Waals surface area contributed by atoms with Gasteiger partial charge in [0.05, 0.1) is 16.1 Å². The molecule has 11 heteroatoms. The number of benzene rings is 3. The highest BCUT2D eigenvalue weighted by Crippen LogP contribution is 2.17. The third kappa shape index (κ3) is 6.40. The number of hydrogen-bond acceptors (Lipinski definition) is 8. The number of amides is 1. The zero-order valence-electron chi connectivity index (χ0n) is 17.4. The van der Waals surface area contributed by atoms with Crippen LogP contribution in [-0.4, -0.2) is 27.9 Å². The molecule has 3 aromatic rings. The number of rotatable bonds is 8. The Kier molecular flexibility index (Phi) is 7.53. The lowest BCUT2D eigenvalue weighted by atomic mass is 10.2. The summed E-state index contributed by atoms with van der Waals surface area (Å²) in [5, 5.41) is 25.4. The molecule has 1 amide bonds. The van der Waals surface area contributed by atoms with Crippen molar-refractivity contribution in [2.45, 2.75) is 0 Å². The second-order valence-electron chi connectivity index (χ2n) is 6.65. The van der Waals surface area contributed by atoms with Gasteiger partial charge in [-0.05, 0) is 59.7 Å². The first-order valence-corrected chi connectivity index (χ1v) is 9.65. The SMILES string of the molecule is O=C(/C=C/c1ccc([N+](=O)[O-])cc1)Oc1ccc(/C=N/NC(=O)c2ccccc2[N+](=O)[O-])cc1. The van der Waals surface area contributed by atoms with Crippen LogP contribution < -0.4 is 10.2 Å². The van der Waals surface area contributed by atoms with Gasteiger partial charge in [-0.15, -0.1) is 0 Å². The van der Waals surface area contributed by atoms with Crippen LogP contribution in [0.5, 0.6) is 5.75 Å². The van der Waals surface area contributed by atoms with Crippen LogP contribution in [0, 0.1) is 20.2 Å². The van der Waals surface area contributed by atoms with Crippen LogP contribution in [0.15, 0.2) is 84.0 Å². The van der Waals surface area contributed by atoms with E-state index in [9.17, 15) is 29.8 Å². The summed E-state index contributed by atoms with van der Waals surface area (Å²) in [6.45, 7) is 0. The normalized spacial score (nSPS) is 10.8. The summed E-state index contributed by atoms with van der Waals surface area (Å²) in [7, 11) is 0. The average molecular weight is 460 g/mol. The Morgan fingerprint density at radius 2 is 1.50 bits per heavy atom. The summed E-state index contributed by atoms with van der Waals surface area (Å²) in [6.07, 6.45) is 3.98. The summed E-state index contributed by atoms with van der Waals surface area (Å²) < 4.78 is 5.18. The molecule has 0 saturated carbocycles. The highest BCUT2D eigenvalue weighted by Gasteiger charge is 2.18. The quantitative estimate of drug-likeness (QED) is 0.134. The largest absolute Gasteiger partial charge is 0.423 e. The maximum atomic E-state index is 12.1. The Labute approximate surface area is 192 Å². The first-order valence-electron chi connectivity index (χ1n) is 9.65. The van der Waals surface area contributed by atoms with Gasteiger partial charge in [0.2, 0.25) is 0 Å². The van der Waals surface area contributed by atoms with Gasteiger partial charge in [-0.2, -0.15) is 5.10 Å². The van der Waals surface area contributed by atoms with Gasteiger partial charge in [-0.25, -0.2) is 10.2 Å². The first kappa shape index (κ1) is 23.5. The molecule has 0 aliphatic rings. The monoisotopic (exact) mass is 460 g/mol. The van der Waals surface area contributed by atoms with Gasteiger partial charge in [-0.3, -0.25) is 25.0 Å². The third-order valence-electron chi connectivity index (χ3n) is 4.34. The van der Waals surface area contributed by atoms with Gasteiger partial charge in [-0.1, -0.05) is 12.1 Å². The molecule has 0 unspecified atom stereocenters. The van der Waals surface area contributed by atoms with Gasteiger partial charge in [0.25, 0.3) is 17.3 Å². The molecule has 34 heavy (non-hydrogen) atoms. The highest BCUT2D eigenvalue weighted by molar-refractivity contribution is 5.98. The first-order chi connectivity index (χ1) is 16.3. The van der Waals surface area contributed by atoms with Crippen LogP contribution in [0.2, 0.25) is 0 Å². The molecule has 0 fully saturated rings. The topological polar surface area (TPSA) is 154 Å². The van der Waals surface area contributed by atoms with Crippen molar-refractivity contribution in [2.24, 2.45) is 5.10 Å². The molecular formula is C23H16N4O7. The van der Waals surface area contributed by atoms with E-state index >= 15 is 0 Å². The lowest BCUT2D eigenvalue weighted by molar-refractivity contribution is -0.385. The molecule has 0 aliphatic carbocycles. The van der Waals surface area contributed by atoms with E-state index in [-0.39, 0.29) is 22.7 Å². The summed E-state index contributed by atoms with van der Waals surface area (Å²) in [6, 6.07) is 17.4. The smallest absolute Gasteiger partial charge is 0.336 e. The molecule has 11 nitrogen and oxygen atoms in total. The summed E-state index contributed by atoms with van der Waals surface area (Å²) in [5.74, 6) is -1.11. The zero-order valence-corrected chi connectivity index (χ0v) is 17.4.